The van der Waals surface area contributed by atoms with E-state index in [2.05, 4.69) is 19.9 Å². The molecule has 0 aromatic heterocycles. The first-order valence-corrected chi connectivity index (χ1v) is 5.14. The molecule has 0 spiro atoms. The maximum atomic E-state index is 5.70. The highest BCUT2D eigenvalue weighted by Crippen LogP contribution is 2.18. The lowest BCUT2D eigenvalue weighted by Crippen LogP contribution is -2.08. The van der Waals surface area contributed by atoms with E-state index < -0.39 is 0 Å². The maximum Gasteiger partial charge on any atom is 0.122 e. The Bertz CT molecular complexity index is 271. The highest BCUT2D eigenvalue weighted by Gasteiger charge is 2.02. The van der Waals surface area contributed by atoms with Crippen LogP contribution in [0.3, 0.4) is 0 Å². The molecule has 0 aliphatic carbocycles. The van der Waals surface area contributed by atoms with Gasteiger partial charge in [-0.2, -0.15) is 0 Å². The van der Waals surface area contributed by atoms with Crippen molar-refractivity contribution >= 4 is 0 Å². The molecule has 0 heterocycles. The van der Waals surface area contributed by atoms with Crippen LogP contribution in [0, 0.1) is 5.92 Å². The summed E-state index contributed by atoms with van der Waals surface area (Å²) in [7, 11) is 0. The molecule has 0 unspecified atom stereocenters. The van der Waals surface area contributed by atoms with Crippen molar-refractivity contribution in [2.75, 3.05) is 13.2 Å². The molecule has 1 aromatic carbocycles. The Labute approximate surface area is 86.1 Å². The molecule has 0 fully saturated rings. The summed E-state index contributed by atoms with van der Waals surface area (Å²) in [5, 5.41) is 0. The Morgan fingerprint density at radius 1 is 1.29 bits per heavy atom. The van der Waals surface area contributed by atoms with E-state index >= 15 is 0 Å². The van der Waals surface area contributed by atoms with Gasteiger partial charge in [0.25, 0.3) is 0 Å². The van der Waals surface area contributed by atoms with Gasteiger partial charge in [0.05, 0.1) is 6.61 Å². The van der Waals surface area contributed by atoms with Crippen LogP contribution in [0.2, 0.25) is 0 Å². The normalized spacial score (nSPS) is 10.6. The molecule has 1 rings (SSSR count). The minimum atomic E-state index is 0.556. The van der Waals surface area contributed by atoms with Crippen LogP contribution in [-0.2, 0) is 6.42 Å². The molecular formula is C12H19NO. The van der Waals surface area contributed by atoms with E-state index in [1.54, 1.807) is 0 Å². The van der Waals surface area contributed by atoms with E-state index in [0.29, 0.717) is 12.5 Å². The van der Waals surface area contributed by atoms with Gasteiger partial charge in [-0.15, -0.1) is 0 Å². The van der Waals surface area contributed by atoms with Gasteiger partial charge >= 0.3 is 0 Å². The number of hydrogen-bond acceptors (Lipinski definition) is 2. The number of nitrogens with two attached hydrogens (primary N) is 1. The molecule has 0 amide bonds. The first-order chi connectivity index (χ1) is 6.74. The lowest BCUT2D eigenvalue weighted by molar-refractivity contribution is 0.268. The average Bonchev–Trinajstić information content (AvgIpc) is 2.17. The zero-order valence-electron chi connectivity index (χ0n) is 8.99. The minimum Gasteiger partial charge on any atom is -0.493 e. The van der Waals surface area contributed by atoms with Crippen LogP contribution in [-0.4, -0.2) is 13.2 Å². The quantitative estimate of drug-likeness (QED) is 0.778. The third kappa shape index (κ3) is 3.38. The Morgan fingerprint density at radius 2 is 2.00 bits per heavy atom. The Balaban J connectivity index is 2.64. The van der Waals surface area contributed by atoms with Crippen molar-refractivity contribution in [2.45, 2.75) is 20.3 Å². The molecule has 0 atom stereocenters. The van der Waals surface area contributed by atoms with Crippen LogP contribution in [0.25, 0.3) is 0 Å². The molecule has 0 aliphatic rings. The summed E-state index contributed by atoms with van der Waals surface area (Å²) in [4.78, 5) is 0. The maximum absolute atomic E-state index is 5.70. The molecule has 2 nitrogen and oxygen atoms in total. The van der Waals surface area contributed by atoms with Gasteiger partial charge in [0.15, 0.2) is 0 Å². The van der Waals surface area contributed by atoms with Crippen molar-refractivity contribution in [2.24, 2.45) is 11.7 Å². The van der Waals surface area contributed by atoms with Gasteiger partial charge in [-0.1, -0.05) is 32.0 Å². The van der Waals surface area contributed by atoms with Crippen molar-refractivity contribution in [3.8, 4) is 5.75 Å². The molecule has 78 valence electrons. The fraction of sp³-hybridized carbons (Fsp3) is 0.500. The average molecular weight is 193 g/mol. The van der Waals surface area contributed by atoms with Gasteiger partial charge in [-0.3, -0.25) is 0 Å². The van der Waals surface area contributed by atoms with Gasteiger partial charge in [-0.05, 0) is 30.5 Å². The molecular weight excluding hydrogens is 174 g/mol. The van der Waals surface area contributed by atoms with Gasteiger partial charge in [-0.25, -0.2) is 0 Å². The monoisotopic (exact) mass is 193 g/mol. The van der Waals surface area contributed by atoms with Crippen molar-refractivity contribution in [3.63, 3.8) is 0 Å². The number of rotatable bonds is 5. The standard InChI is InChI=1S/C12H19NO/c1-10(2)9-14-12-6-4-3-5-11(12)7-8-13/h3-6,10H,7-9,13H2,1-2H3. The number of ether oxygens (including phenoxy) is 1. The number of benzene rings is 1. The fourth-order valence-electron chi connectivity index (χ4n) is 1.26. The molecule has 0 saturated heterocycles. The summed E-state index contributed by atoms with van der Waals surface area (Å²) < 4.78 is 5.70. The van der Waals surface area contributed by atoms with E-state index in [1.165, 1.54) is 5.56 Å². The van der Waals surface area contributed by atoms with Crippen LogP contribution in [0.1, 0.15) is 19.4 Å². The predicted molar refractivity (Wildman–Crippen MR) is 59.5 cm³/mol. The molecule has 2 heteroatoms. The predicted octanol–water partition coefficient (Wildman–Crippen LogP) is 2.22. The Kier molecular flexibility index (Phi) is 4.47. The fourth-order valence-corrected chi connectivity index (χ4v) is 1.26. The zero-order valence-corrected chi connectivity index (χ0v) is 8.99. The molecule has 2 N–H and O–H groups in total. The third-order valence-electron chi connectivity index (χ3n) is 1.96. The van der Waals surface area contributed by atoms with Gasteiger partial charge in [0.1, 0.15) is 5.75 Å². The van der Waals surface area contributed by atoms with Gasteiger partial charge in [0, 0.05) is 0 Å². The molecule has 0 radical (unpaired) electrons. The molecule has 0 aliphatic heterocycles. The first-order valence-electron chi connectivity index (χ1n) is 5.14. The second-order valence-electron chi connectivity index (χ2n) is 3.85. The molecule has 14 heavy (non-hydrogen) atoms. The van der Waals surface area contributed by atoms with Crippen LogP contribution in [0.4, 0.5) is 0 Å². The van der Waals surface area contributed by atoms with Crippen molar-refractivity contribution in [1.82, 2.24) is 0 Å². The number of hydrogen-bond donors (Lipinski definition) is 1. The molecule has 0 bridgehead atoms. The van der Waals surface area contributed by atoms with Crippen LogP contribution in [0.5, 0.6) is 5.75 Å². The minimum absolute atomic E-state index is 0.556. The summed E-state index contributed by atoms with van der Waals surface area (Å²) >= 11 is 0. The van der Waals surface area contributed by atoms with E-state index in [0.717, 1.165) is 18.8 Å². The lowest BCUT2D eigenvalue weighted by Gasteiger charge is -2.12. The van der Waals surface area contributed by atoms with E-state index in [1.807, 2.05) is 18.2 Å². The summed E-state index contributed by atoms with van der Waals surface area (Å²) in [6.45, 7) is 5.72. The van der Waals surface area contributed by atoms with Crippen LogP contribution in [0.15, 0.2) is 24.3 Å². The SMILES string of the molecule is CC(C)COc1ccccc1CCN. The second kappa shape index (κ2) is 5.66. The summed E-state index contributed by atoms with van der Waals surface area (Å²) in [5.41, 5.74) is 6.73. The summed E-state index contributed by atoms with van der Waals surface area (Å²) in [6.07, 6.45) is 0.883. The van der Waals surface area contributed by atoms with E-state index in [9.17, 15) is 0 Å². The highest BCUT2D eigenvalue weighted by molar-refractivity contribution is 5.33. The number of para-hydroxylation sites is 1. The Hall–Kier alpha value is -1.02. The van der Waals surface area contributed by atoms with E-state index in [4.69, 9.17) is 10.5 Å². The van der Waals surface area contributed by atoms with Crippen molar-refractivity contribution in [1.29, 1.82) is 0 Å². The molecule has 1 aromatic rings. The second-order valence-corrected chi connectivity index (χ2v) is 3.85. The van der Waals surface area contributed by atoms with E-state index in [-0.39, 0.29) is 0 Å². The summed E-state index contributed by atoms with van der Waals surface area (Å²) in [5.74, 6) is 1.53. The third-order valence-corrected chi connectivity index (χ3v) is 1.96. The summed E-state index contributed by atoms with van der Waals surface area (Å²) in [6, 6.07) is 8.10. The van der Waals surface area contributed by atoms with Crippen molar-refractivity contribution in [3.05, 3.63) is 29.8 Å². The zero-order chi connectivity index (χ0) is 10.4. The van der Waals surface area contributed by atoms with Crippen LogP contribution >= 0.6 is 0 Å². The van der Waals surface area contributed by atoms with Crippen LogP contribution < -0.4 is 10.5 Å². The Morgan fingerprint density at radius 3 is 2.64 bits per heavy atom. The smallest absolute Gasteiger partial charge is 0.122 e. The van der Waals surface area contributed by atoms with Gasteiger partial charge in [0.2, 0.25) is 0 Å². The lowest BCUT2D eigenvalue weighted by atomic mass is 10.1. The molecule has 0 saturated carbocycles. The topological polar surface area (TPSA) is 35.2 Å². The van der Waals surface area contributed by atoms with Gasteiger partial charge < -0.3 is 10.5 Å². The first kappa shape index (κ1) is 11.1. The van der Waals surface area contributed by atoms with Crippen molar-refractivity contribution < 1.29 is 4.74 Å². The highest BCUT2D eigenvalue weighted by atomic mass is 16.5. The largest absolute Gasteiger partial charge is 0.493 e.